The lowest BCUT2D eigenvalue weighted by atomic mass is 9.82. The highest BCUT2D eigenvalue weighted by atomic mass is 16.3. The Morgan fingerprint density at radius 1 is 0.455 bits per heavy atom. The molecule has 18 nitrogen and oxygen atoms in total. The van der Waals surface area contributed by atoms with Gasteiger partial charge < -0.3 is 52.5 Å². The second-order valence-electron chi connectivity index (χ2n) is 24.9. The van der Waals surface area contributed by atoms with Gasteiger partial charge in [-0.2, -0.15) is 0 Å². The first-order valence-electron chi connectivity index (χ1n) is 32.8. The number of carbonyl (C=O) groups is 7. The highest BCUT2D eigenvalue weighted by molar-refractivity contribution is 5.96. The van der Waals surface area contributed by atoms with E-state index < -0.39 is 72.3 Å². The van der Waals surface area contributed by atoms with E-state index in [9.17, 15) is 38.7 Å². The van der Waals surface area contributed by atoms with Crippen molar-refractivity contribution in [2.24, 2.45) is 11.8 Å². The molecule has 0 bridgehead atoms. The summed E-state index contributed by atoms with van der Waals surface area (Å²) in [6.07, 6.45) is 13.3. The molecule has 18 heteroatoms. The van der Waals surface area contributed by atoms with Gasteiger partial charge in [0, 0.05) is 38.0 Å². The number of benzene rings is 4. The van der Waals surface area contributed by atoms with Crippen molar-refractivity contribution in [1.82, 2.24) is 52.3 Å². The number of nitrogens with one attached hydrogen (secondary N) is 8. The normalized spacial score (nSPS) is 20.0. The lowest BCUT2D eigenvalue weighted by Crippen LogP contribution is -2.61. The molecule has 2 heterocycles. The Kier molecular flexibility index (Phi) is 26.0. The molecule has 9 N–H and O–H groups in total. The molecule has 4 aromatic carbocycles. The topological polar surface area (TPSA) is 242 Å². The molecule has 88 heavy (non-hydrogen) atoms. The average Bonchev–Trinajstić information content (AvgIpc) is 2.30. The summed E-state index contributed by atoms with van der Waals surface area (Å²) in [6.45, 7) is 5.04. The molecule has 4 aliphatic rings. The number of hydrogen-bond acceptors (Lipinski definition) is 11. The summed E-state index contributed by atoms with van der Waals surface area (Å²) >= 11 is 0. The molecule has 2 saturated heterocycles. The summed E-state index contributed by atoms with van der Waals surface area (Å²) in [6, 6.07) is 32.8. The van der Waals surface area contributed by atoms with E-state index in [-0.39, 0.29) is 47.3 Å². The number of nitrogens with zero attached hydrogens (tertiary/aromatic N) is 2. The van der Waals surface area contributed by atoms with Crippen LogP contribution in [0.5, 0.6) is 0 Å². The maximum absolute atomic E-state index is 14.8. The summed E-state index contributed by atoms with van der Waals surface area (Å²) in [5.74, 6) is -3.29. The molecular formula is C70H98N10O8. The van der Waals surface area contributed by atoms with Crippen molar-refractivity contribution in [1.29, 1.82) is 0 Å². The molecule has 2 saturated carbocycles. The zero-order chi connectivity index (χ0) is 62.4. The molecule has 0 radical (unpaired) electrons. The van der Waals surface area contributed by atoms with Gasteiger partial charge in [0.2, 0.25) is 41.4 Å². The van der Waals surface area contributed by atoms with Gasteiger partial charge in [0.1, 0.15) is 30.4 Å². The van der Waals surface area contributed by atoms with Gasteiger partial charge in [0.25, 0.3) is 0 Å². The lowest BCUT2D eigenvalue weighted by Gasteiger charge is -2.40. The van der Waals surface area contributed by atoms with E-state index in [4.69, 9.17) is 0 Å². The highest BCUT2D eigenvalue weighted by Gasteiger charge is 2.45. The quantitative estimate of drug-likeness (QED) is 0.0254. The Morgan fingerprint density at radius 2 is 0.852 bits per heavy atom. The SMILES string of the molecule is CN[C@@H](C)C(=O)N[C@@H](C1CCCCC1)C(O)N1CCC[C@H]1C(=O)N[C@H](C(=O)NCCCCCCNC(=O)[C@@H](NC(=O)[C@@H]1CCCN1C(=O)[C@@H](NC(=O)[C@H](C)NC)C1CCCCC1)C(c1ccccc1)c1ccccc1)C(c1ccccc1)c1ccccc1. The molecule has 1 unspecified atom stereocenters. The number of aliphatic hydroxyl groups is 1. The third-order valence-corrected chi connectivity index (χ3v) is 19.1. The van der Waals surface area contributed by atoms with Crippen LogP contribution in [0.1, 0.15) is 164 Å². The Morgan fingerprint density at radius 3 is 1.30 bits per heavy atom. The molecule has 2 aliphatic carbocycles. The van der Waals surface area contributed by atoms with Crippen molar-refractivity contribution in [2.45, 2.75) is 196 Å². The number of rotatable bonds is 30. The van der Waals surface area contributed by atoms with E-state index in [1.165, 1.54) is 0 Å². The first kappa shape index (κ1) is 67.0. The molecule has 7 amide bonds. The number of hydrogen-bond donors (Lipinski definition) is 9. The molecule has 2 aliphatic heterocycles. The fourth-order valence-corrected chi connectivity index (χ4v) is 13.8. The van der Waals surface area contributed by atoms with E-state index in [1.807, 2.05) is 126 Å². The zero-order valence-corrected chi connectivity index (χ0v) is 52.3. The van der Waals surface area contributed by atoms with Gasteiger partial charge in [-0.25, -0.2) is 0 Å². The van der Waals surface area contributed by atoms with Gasteiger partial charge in [-0.05, 0) is 126 Å². The fraction of sp³-hybridized carbons (Fsp3) is 0.557. The van der Waals surface area contributed by atoms with Gasteiger partial charge >= 0.3 is 0 Å². The smallest absolute Gasteiger partial charge is 0.246 e. The van der Waals surface area contributed by atoms with E-state index in [0.717, 1.165) is 99.3 Å². The van der Waals surface area contributed by atoms with Crippen LogP contribution in [0.3, 0.4) is 0 Å². The van der Waals surface area contributed by atoms with Gasteiger partial charge in [0.05, 0.1) is 24.2 Å². The number of amides is 7. The fourth-order valence-electron chi connectivity index (χ4n) is 13.8. The molecule has 9 atom stereocenters. The van der Waals surface area contributed by atoms with Crippen molar-refractivity contribution in [3.8, 4) is 0 Å². The van der Waals surface area contributed by atoms with Gasteiger partial charge in [0.15, 0.2) is 0 Å². The van der Waals surface area contributed by atoms with Crippen LogP contribution in [0, 0.1) is 11.8 Å². The molecule has 476 valence electrons. The van der Waals surface area contributed by atoms with Gasteiger partial charge in [-0.3, -0.25) is 38.5 Å². The summed E-state index contributed by atoms with van der Waals surface area (Å²) < 4.78 is 0. The molecule has 4 aromatic rings. The summed E-state index contributed by atoms with van der Waals surface area (Å²) in [5.41, 5.74) is 3.40. The van der Waals surface area contributed by atoms with E-state index in [2.05, 4.69) is 42.5 Å². The first-order chi connectivity index (χ1) is 42.8. The van der Waals surface area contributed by atoms with Crippen LogP contribution in [0.2, 0.25) is 0 Å². The maximum Gasteiger partial charge on any atom is 0.246 e. The van der Waals surface area contributed by atoms with E-state index in [0.29, 0.717) is 64.7 Å². The van der Waals surface area contributed by atoms with Gasteiger partial charge in [-0.1, -0.05) is 173 Å². The van der Waals surface area contributed by atoms with E-state index >= 15 is 0 Å². The monoisotopic (exact) mass is 1210 g/mol. The standard InChI is InChI=1S/C70H98N10O8/c1-47(71-3)63(81)75-59(53-37-21-11-22-38-53)69(87)79-45-27-41-55(79)65(83)77-61(57(49-29-13-7-14-30-49)50-31-15-8-16-32-50)67(85)73-43-25-5-6-26-44-74-68(86)62(58(51-33-17-9-18-34-51)52-35-19-10-20-36-52)78-66(84)56-42-28-46-80(56)70(88)60(54-39-23-12-24-40-54)76-64(82)48(2)72-4/h7-10,13-20,29-36,47-48,53-62,69,71-72,87H,5-6,11-12,21-28,37-46H2,1-4H3,(H,73,85)(H,74,86)(H,75,81)(H,76,82)(H,77,83)(H,78,84)/t47-,48-,55-,56-,59-,60-,61-,62-,69?/m0/s1. The lowest BCUT2D eigenvalue weighted by molar-refractivity contribution is -0.143. The Labute approximate surface area is 521 Å². The summed E-state index contributed by atoms with van der Waals surface area (Å²) in [7, 11) is 3.43. The molecule has 0 aromatic heterocycles. The van der Waals surface area contributed by atoms with E-state index in [1.54, 1.807) is 32.8 Å². The van der Waals surface area contributed by atoms with Crippen LogP contribution in [0.15, 0.2) is 121 Å². The molecule has 4 fully saturated rings. The number of carbonyl (C=O) groups excluding carboxylic acids is 7. The second-order valence-corrected chi connectivity index (χ2v) is 24.9. The van der Waals surface area contributed by atoms with Crippen molar-refractivity contribution < 1.29 is 38.7 Å². The third kappa shape index (κ3) is 17.9. The Hall–Kier alpha value is -6.99. The van der Waals surface area contributed by atoms with Crippen molar-refractivity contribution in [3.05, 3.63) is 144 Å². The maximum atomic E-state index is 14.8. The number of likely N-dealkylation sites (tertiary alicyclic amines) is 2. The van der Waals surface area contributed by atoms with Crippen LogP contribution in [0.4, 0.5) is 0 Å². The van der Waals surface area contributed by atoms with Gasteiger partial charge in [-0.15, -0.1) is 0 Å². The minimum absolute atomic E-state index is 0.0435. The predicted octanol–water partition coefficient (Wildman–Crippen LogP) is 6.53. The molecule has 8 rings (SSSR count). The average molecular weight is 1210 g/mol. The number of likely N-dealkylation sites (N-methyl/N-ethyl adjacent to an activating group) is 2. The largest absolute Gasteiger partial charge is 0.376 e. The predicted molar refractivity (Wildman–Crippen MR) is 342 cm³/mol. The number of aliphatic hydroxyl groups excluding tert-OH is 1. The van der Waals surface area contributed by atoms with Crippen molar-refractivity contribution >= 4 is 41.4 Å². The highest BCUT2D eigenvalue weighted by Crippen LogP contribution is 2.35. The van der Waals surface area contributed by atoms with Crippen LogP contribution in [0.25, 0.3) is 0 Å². The van der Waals surface area contributed by atoms with Crippen LogP contribution in [-0.4, -0.2) is 151 Å². The summed E-state index contributed by atoms with van der Waals surface area (Å²) in [5, 5.41) is 37.1. The van der Waals surface area contributed by atoms with Crippen molar-refractivity contribution in [2.75, 3.05) is 40.3 Å². The molecule has 0 spiro atoms. The molecular weight excluding hydrogens is 1110 g/mol. The third-order valence-electron chi connectivity index (χ3n) is 19.1. The minimum Gasteiger partial charge on any atom is -0.376 e. The van der Waals surface area contributed by atoms with Crippen molar-refractivity contribution in [3.63, 3.8) is 0 Å². The van der Waals surface area contributed by atoms with Crippen LogP contribution >= 0.6 is 0 Å². The van der Waals surface area contributed by atoms with Crippen LogP contribution < -0.4 is 42.5 Å². The zero-order valence-electron chi connectivity index (χ0n) is 52.3. The minimum atomic E-state index is -1.11. The Balaban J connectivity index is 0.921. The van der Waals surface area contributed by atoms with Crippen LogP contribution in [-0.2, 0) is 33.6 Å². The Bertz CT molecular complexity index is 2760. The number of unbranched alkanes of at least 4 members (excludes halogenated alkanes) is 3. The summed E-state index contributed by atoms with van der Waals surface area (Å²) in [4.78, 5) is 104. The first-order valence-corrected chi connectivity index (χ1v) is 32.8. The second kappa shape index (κ2) is 34.1.